The van der Waals surface area contributed by atoms with E-state index in [-0.39, 0.29) is 11.9 Å². The Hall–Kier alpha value is -1.49. The molecule has 1 aromatic rings. The number of benzene rings is 1. The number of carbonyl (C=O) groups is 2. The van der Waals surface area contributed by atoms with Gasteiger partial charge in [0.15, 0.2) is 11.5 Å². The van der Waals surface area contributed by atoms with Gasteiger partial charge in [0.1, 0.15) is 6.29 Å². The van der Waals surface area contributed by atoms with Gasteiger partial charge in [-0.25, -0.2) is 0 Å². The number of rotatable bonds is 6. The zero-order valence-corrected chi connectivity index (χ0v) is 12.4. The molecule has 104 valence electrons. The van der Waals surface area contributed by atoms with Crippen LogP contribution in [0.2, 0.25) is 0 Å². The molecule has 0 radical (unpaired) electrons. The van der Waals surface area contributed by atoms with E-state index in [0.29, 0.717) is 22.8 Å². The van der Waals surface area contributed by atoms with Crippen LogP contribution < -0.4 is 9.47 Å². The Morgan fingerprint density at radius 1 is 1.42 bits per heavy atom. The van der Waals surface area contributed by atoms with Crippen molar-refractivity contribution >= 4 is 24.0 Å². The molecule has 0 atom stereocenters. The fourth-order valence-electron chi connectivity index (χ4n) is 1.50. The molecular formula is C14H18O4S. The Bertz CT molecular complexity index is 469. The first kappa shape index (κ1) is 15.6. The third-order valence-corrected chi connectivity index (χ3v) is 3.08. The number of hydrogen-bond acceptors (Lipinski definition) is 5. The highest BCUT2D eigenvalue weighted by atomic mass is 32.2. The van der Waals surface area contributed by atoms with Gasteiger partial charge in [-0.2, -0.15) is 11.8 Å². The second-order valence-electron chi connectivity index (χ2n) is 4.34. The molecule has 0 heterocycles. The summed E-state index contributed by atoms with van der Waals surface area (Å²) in [6.07, 6.45) is 2.69. The van der Waals surface area contributed by atoms with Crippen LogP contribution in [0.15, 0.2) is 12.1 Å². The van der Waals surface area contributed by atoms with E-state index in [1.165, 1.54) is 7.11 Å². The van der Waals surface area contributed by atoms with E-state index in [1.54, 1.807) is 37.7 Å². The molecule has 0 unspecified atom stereocenters. The molecule has 0 spiro atoms. The Balaban J connectivity index is 3.24. The molecule has 19 heavy (non-hydrogen) atoms. The zero-order valence-electron chi connectivity index (χ0n) is 11.6. The highest BCUT2D eigenvalue weighted by Gasteiger charge is 2.18. The van der Waals surface area contributed by atoms with Gasteiger partial charge < -0.3 is 9.47 Å². The van der Waals surface area contributed by atoms with Crippen molar-refractivity contribution in [2.75, 3.05) is 13.4 Å². The summed E-state index contributed by atoms with van der Waals surface area (Å²) in [5.74, 6) is 0.902. The first-order valence-corrected chi connectivity index (χ1v) is 7.29. The number of thioether (sulfide) groups is 1. The van der Waals surface area contributed by atoms with Gasteiger partial charge in [-0.15, -0.1) is 0 Å². The standard InChI is InChI=1S/C14H18O4S/c1-9(2)14(16)18-13-11(8-19-4)5-10(7-15)6-12(13)17-3/h5-7,9H,8H2,1-4H3. The van der Waals surface area contributed by atoms with Crippen molar-refractivity contribution in [3.05, 3.63) is 23.3 Å². The Morgan fingerprint density at radius 2 is 2.11 bits per heavy atom. The summed E-state index contributed by atoms with van der Waals surface area (Å²) in [5, 5.41) is 0. The molecule has 4 nitrogen and oxygen atoms in total. The number of carbonyl (C=O) groups excluding carboxylic acids is 2. The maximum absolute atomic E-state index is 11.7. The predicted molar refractivity (Wildman–Crippen MR) is 76.1 cm³/mol. The van der Waals surface area contributed by atoms with E-state index in [0.717, 1.165) is 11.8 Å². The predicted octanol–water partition coefficient (Wildman–Crippen LogP) is 2.93. The molecule has 0 aliphatic carbocycles. The van der Waals surface area contributed by atoms with Crippen molar-refractivity contribution < 1.29 is 19.1 Å². The summed E-state index contributed by atoms with van der Waals surface area (Å²) in [6, 6.07) is 3.29. The summed E-state index contributed by atoms with van der Waals surface area (Å²) >= 11 is 1.58. The van der Waals surface area contributed by atoms with Crippen LogP contribution in [0.3, 0.4) is 0 Å². The number of esters is 1. The summed E-state index contributed by atoms with van der Waals surface area (Å²) in [7, 11) is 1.49. The van der Waals surface area contributed by atoms with Crippen LogP contribution in [-0.4, -0.2) is 25.6 Å². The summed E-state index contributed by atoms with van der Waals surface area (Å²) in [6.45, 7) is 3.53. The molecule has 0 bridgehead atoms. The van der Waals surface area contributed by atoms with Crippen molar-refractivity contribution in [2.24, 2.45) is 5.92 Å². The molecule has 0 saturated heterocycles. The molecule has 1 aromatic carbocycles. The molecule has 0 saturated carbocycles. The third-order valence-electron chi connectivity index (χ3n) is 2.48. The zero-order chi connectivity index (χ0) is 14.4. The van der Waals surface area contributed by atoms with Crippen molar-refractivity contribution in [1.29, 1.82) is 0 Å². The Morgan fingerprint density at radius 3 is 2.58 bits per heavy atom. The molecule has 0 N–H and O–H groups in total. The van der Waals surface area contributed by atoms with Crippen LogP contribution in [0.25, 0.3) is 0 Å². The van der Waals surface area contributed by atoms with Crippen molar-refractivity contribution in [2.45, 2.75) is 19.6 Å². The largest absolute Gasteiger partial charge is 0.493 e. The molecule has 0 aliphatic heterocycles. The monoisotopic (exact) mass is 282 g/mol. The van der Waals surface area contributed by atoms with Gasteiger partial charge in [-0.3, -0.25) is 9.59 Å². The van der Waals surface area contributed by atoms with E-state index < -0.39 is 0 Å². The van der Waals surface area contributed by atoms with Crippen LogP contribution in [0.4, 0.5) is 0 Å². The summed E-state index contributed by atoms with van der Waals surface area (Å²) in [4.78, 5) is 22.6. The highest BCUT2D eigenvalue weighted by Crippen LogP contribution is 2.35. The normalized spacial score (nSPS) is 10.4. The smallest absolute Gasteiger partial charge is 0.313 e. The lowest BCUT2D eigenvalue weighted by Gasteiger charge is -2.15. The number of methoxy groups -OCH3 is 1. The van der Waals surface area contributed by atoms with Crippen molar-refractivity contribution in [3.8, 4) is 11.5 Å². The summed E-state index contributed by atoms with van der Waals surface area (Å²) in [5.41, 5.74) is 1.29. The van der Waals surface area contributed by atoms with E-state index >= 15 is 0 Å². The van der Waals surface area contributed by atoms with E-state index in [1.807, 2.05) is 6.26 Å². The van der Waals surface area contributed by atoms with Gasteiger partial charge in [0.2, 0.25) is 0 Å². The lowest BCUT2D eigenvalue weighted by Crippen LogP contribution is -2.16. The maximum Gasteiger partial charge on any atom is 0.313 e. The Labute approximate surface area is 117 Å². The first-order chi connectivity index (χ1) is 9.03. The van der Waals surface area contributed by atoms with E-state index in [4.69, 9.17) is 9.47 Å². The van der Waals surface area contributed by atoms with Gasteiger partial charge in [-0.05, 0) is 18.4 Å². The van der Waals surface area contributed by atoms with Crippen LogP contribution in [0.5, 0.6) is 11.5 Å². The van der Waals surface area contributed by atoms with E-state index in [2.05, 4.69) is 0 Å². The Kier molecular flexibility index (Phi) is 5.89. The molecule has 1 rings (SSSR count). The molecule has 5 heteroatoms. The van der Waals surface area contributed by atoms with Crippen molar-refractivity contribution in [1.82, 2.24) is 0 Å². The SMILES string of the molecule is COc1cc(C=O)cc(CSC)c1OC(=O)C(C)C. The van der Waals surface area contributed by atoms with Crippen LogP contribution in [0, 0.1) is 5.92 Å². The second-order valence-corrected chi connectivity index (χ2v) is 5.20. The minimum Gasteiger partial charge on any atom is -0.493 e. The average molecular weight is 282 g/mol. The fourth-order valence-corrected chi connectivity index (χ4v) is 2.03. The first-order valence-electron chi connectivity index (χ1n) is 5.90. The summed E-state index contributed by atoms with van der Waals surface area (Å²) < 4.78 is 10.6. The van der Waals surface area contributed by atoms with Gasteiger partial charge in [-0.1, -0.05) is 13.8 Å². The lowest BCUT2D eigenvalue weighted by atomic mass is 10.1. The minimum absolute atomic E-state index is 0.224. The maximum atomic E-state index is 11.7. The number of ether oxygens (including phenoxy) is 2. The lowest BCUT2D eigenvalue weighted by molar-refractivity contribution is -0.137. The minimum atomic E-state index is -0.320. The molecule has 0 amide bonds. The van der Waals surface area contributed by atoms with Gasteiger partial charge >= 0.3 is 5.97 Å². The van der Waals surface area contributed by atoms with Gasteiger partial charge in [0.25, 0.3) is 0 Å². The van der Waals surface area contributed by atoms with E-state index in [9.17, 15) is 9.59 Å². The van der Waals surface area contributed by atoms with Gasteiger partial charge in [0, 0.05) is 16.9 Å². The van der Waals surface area contributed by atoms with Gasteiger partial charge in [0.05, 0.1) is 13.0 Å². The molecule has 0 fully saturated rings. The second kappa shape index (κ2) is 7.19. The fraction of sp³-hybridized carbons (Fsp3) is 0.429. The van der Waals surface area contributed by atoms with Crippen LogP contribution in [-0.2, 0) is 10.5 Å². The molecule has 0 aliphatic rings. The topological polar surface area (TPSA) is 52.6 Å². The molecular weight excluding hydrogens is 264 g/mol. The van der Waals surface area contributed by atoms with Crippen molar-refractivity contribution in [3.63, 3.8) is 0 Å². The average Bonchev–Trinajstić information content (AvgIpc) is 2.40. The quantitative estimate of drug-likeness (QED) is 0.456. The third kappa shape index (κ3) is 3.99. The number of aldehydes is 1. The van der Waals surface area contributed by atoms with Crippen LogP contribution in [0.1, 0.15) is 29.8 Å². The molecule has 0 aromatic heterocycles. The van der Waals surface area contributed by atoms with Crippen LogP contribution >= 0.6 is 11.8 Å². The number of hydrogen-bond donors (Lipinski definition) is 0. The highest BCUT2D eigenvalue weighted by molar-refractivity contribution is 7.97.